The molecule has 85 heavy (non-hydrogen) atoms. The third-order valence-corrected chi connectivity index (χ3v) is 15.2. The Labute approximate surface area is 502 Å². The molecular weight excluding hydrogens is 1110 g/mol. The molecule has 2 aliphatic rings. The molecule has 2 fully saturated rings. The number of ether oxygens (including phenoxy) is 3. The highest BCUT2D eigenvalue weighted by Gasteiger charge is 2.48. The number of amides is 3. The number of benzene rings is 3. The minimum atomic E-state index is -3.92. The average molecular weight is 1200 g/mol. The van der Waals surface area contributed by atoms with Gasteiger partial charge < -0.3 is 39.2 Å². The zero-order chi connectivity index (χ0) is 62.2. The number of carbonyl (C=O) groups excluding carboxylic acids is 7. The first-order valence-corrected chi connectivity index (χ1v) is 31.8. The predicted octanol–water partition coefficient (Wildman–Crippen LogP) is 7.44. The van der Waals surface area contributed by atoms with Crippen LogP contribution in [0.1, 0.15) is 141 Å². The molecule has 4 aromatic rings. The first kappa shape index (κ1) is 69.1. The van der Waals surface area contributed by atoms with Gasteiger partial charge in [0.25, 0.3) is 0 Å². The number of hydrogen-bond donors (Lipinski definition) is 3. The summed E-state index contributed by atoms with van der Waals surface area (Å²) in [5.41, 5.74) is 2.85. The zero-order valence-electron chi connectivity index (χ0n) is 51.1. The van der Waals surface area contributed by atoms with Crippen LogP contribution in [0.2, 0.25) is 0 Å². The standard InChI is InChI=1S/C63H87N7O10.CH4O3S/c1-8-28-64-59(74)21-15-16-29-69-40-52(67-68-69)43-79-58-37-49(23-25-57(58)80-46(6)71)41-70(30-32-78-33-31-70)42-53(72)38-50(24-22-47-17-11-9-12-18-47)61(76)65-54(34-44(2)3)56(73)39-51(36-48-19-13-10-14-20-48)62(77)66-55(35-45(4)5)60(75)63(7)26-27-63;1-5(2,3)4/h9-14,17-20,23,25,37,40,44-45,50-51,54-55H,8,15-16,21-22,24,26-36,38-39,41-43H2,1-7H3,(H2-,64,65,66,74,76,77);1H3,(H,2,3,4)/t50-,51-,54+,55+;/m1./s1. The van der Waals surface area contributed by atoms with Gasteiger partial charge in [-0.25, -0.2) is 8.42 Å². The molecule has 21 heteroatoms. The van der Waals surface area contributed by atoms with E-state index >= 15 is 0 Å². The molecule has 3 aromatic carbocycles. The number of aromatic nitrogens is 3. The molecule has 0 spiro atoms. The Morgan fingerprint density at radius 1 is 0.800 bits per heavy atom. The largest absolute Gasteiger partial charge is 0.748 e. The normalized spacial score (nSPS) is 15.7. The first-order chi connectivity index (χ1) is 40.3. The number of hydrogen-bond acceptors (Lipinski definition) is 15. The molecule has 4 atom stereocenters. The van der Waals surface area contributed by atoms with Crippen molar-refractivity contribution in [1.29, 1.82) is 0 Å². The van der Waals surface area contributed by atoms with Crippen LogP contribution in [0.5, 0.6) is 11.5 Å². The van der Waals surface area contributed by atoms with E-state index in [1.54, 1.807) is 16.9 Å². The van der Waals surface area contributed by atoms with Crippen molar-refractivity contribution in [2.75, 3.05) is 45.6 Å². The molecule has 0 bridgehead atoms. The van der Waals surface area contributed by atoms with Crippen molar-refractivity contribution in [2.45, 2.75) is 164 Å². The lowest BCUT2D eigenvalue weighted by molar-refractivity contribution is -0.940. The second-order valence-electron chi connectivity index (χ2n) is 24.2. The Hall–Kier alpha value is -6.68. The predicted molar refractivity (Wildman–Crippen MR) is 321 cm³/mol. The summed E-state index contributed by atoms with van der Waals surface area (Å²) >= 11 is 0. The molecule has 3 amide bonds. The van der Waals surface area contributed by atoms with Crippen LogP contribution in [0, 0.1) is 29.1 Å². The van der Waals surface area contributed by atoms with Crippen molar-refractivity contribution < 1.29 is 65.2 Å². The Morgan fingerprint density at radius 3 is 2.02 bits per heavy atom. The van der Waals surface area contributed by atoms with Crippen molar-refractivity contribution in [3.8, 4) is 11.5 Å². The van der Waals surface area contributed by atoms with Crippen molar-refractivity contribution in [3.63, 3.8) is 0 Å². The molecule has 1 saturated heterocycles. The smallest absolute Gasteiger partial charge is 0.308 e. The molecular formula is C64H91N7O13S. The third kappa shape index (κ3) is 25.4. The third-order valence-electron chi connectivity index (χ3n) is 15.2. The highest BCUT2D eigenvalue weighted by molar-refractivity contribution is 7.84. The van der Waals surface area contributed by atoms with E-state index in [0.29, 0.717) is 107 Å². The molecule has 20 nitrogen and oxygen atoms in total. The van der Waals surface area contributed by atoms with E-state index < -0.39 is 45.4 Å². The van der Waals surface area contributed by atoms with Gasteiger partial charge in [-0.1, -0.05) is 107 Å². The number of rotatable bonds is 35. The minimum absolute atomic E-state index is 0.00967. The summed E-state index contributed by atoms with van der Waals surface area (Å²) in [6.07, 6.45) is 8.57. The van der Waals surface area contributed by atoms with E-state index in [1.807, 2.05) is 114 Å². The Bertz CT molecular complexity index is 2920. The molecule has 2 heterocycles. The number of esters is 1. The fraction of sp³-hybridized carbons (Fsp3) is 0.578. The van der Waals surface area contributed by atoms with E-state index in [-0.39, 0.29) is 85.1 Å². The number of unbranched alkanes of at least 4 members (excludes halogenated alkanes) is 1. The van der Waals surface area contributed by atoms with E-state index in [9.17, 15) is 33.6 Å². The van der Waals surface area contributed by atoms with Crippen molar-refractivity contribution >= 4 is 51.2 Å². The van der Waals surface area contributed by atoms with Crippen LogP contribution in [0.4, 0.5) is 0 Å². The number of morpholine rings is 1. The molecule has 1 aromatic heterocycles. The number of aryl methyl sites for hydroxylation is 2. The summed E-state index contributed by atoms with van der Waals surface area (Å²) in [6.45, 7) is 17.1. The van der Waals surface area contributed by atoms with E-state index in [4.69, 9.17) is 27.2 Å². The number of nitrogens with zero attached hydrogens (tertiary/aromatic N) is 4. The molecule has 1 aliphatic carbocycles. The van der Waals surface area contributed by atoms with Crippen molar-refractivity contribution in [2.24, 2.45) is 29.1 Å². The molecule has 6 rings (SSSR count). The van der Waals surface area contributed by atoms with Gasteiger partial charge in [0.2, 0.25) is 17.7 Å². The van der Waals surface area contributed by atoms with Crippen LogP contribution in [-0.2, 0) is 81.0 Å². The molecule has 0 radical (unpaired) electrons. The van der Waals surface area contributed by atoms with Crippen LogP contribution in [0.15, 0.2) is 85.1 Å². The van der Waals surface area contributed by atoms with Gasteiger partial charge in [0.05, 0.1) is 41.6 Å². The highest BCUT2D eigenvalue weighted by Crippen LogP contribution is 2.47. The Morgan fingerprint density at radius 2 is 1.41 bits per heavy atom. The minimum Gasteiger partial charge on any atom is -0.748 e. The summed E-state index contributed by atoms with van der Waals surface area (Å²) in [5.74, 6) is -2.40. The lowest BCUT2D eigenvalue weighted by Crippen LogP contribution is -2.57. The topological polar surface area (TPSA) is 271 Å². The molecule has 0 unspecified atom stereocenters. The summed E-state index contributed by atoms with van der Waals surface area (Å²) in [4.78, 5) is 96.5. The maximum absolute atomic E-state index is 14.8. The lowest BCUT2D eigenvalue weighted by Gasteiger charge is -2.41. The van der Waals surface area contributed by atoms with Crippen LogP contribution in [-0.4, -0.2) is 131 Å². The van der Waals surface area contributed by atoms with Crippen molar-refractivity contribution in [1.82, 2.24) is 30.9 Å². The quantitative estimate of drug-likeness (QED) is 0.0133. The fourth-order valence-electron chi connectivity index (χ4n) is 10.5. The number of carbonyl (C=O) groups is 7. The monoisotopic (exact) mass is 1200 g/mol. The van der Waals surface area contributed by atoms with Gasteiger partial charge in [0.1, 0.15) is 38.5 Å². The Kier molecular flexibility index (Phi) is 27.5. The van der Waals surface area contributed by atoms with E-state index in [0.717, 1.165) is 42.4 Å². The Balaban J connectivity index is 0.00000253. The van der Waals surface area contributed by atoms with Crippen LogP contribution >= 0.6 is 0 Å². The zero-order valence-corrected chi connectivity index (χ0v) is 51.9. The second kappa shape index (κ2) is 33.9. The van der Waals surface area contributed by atoms with Gasteiger partial charge in [0, 0.05) is 68.3 Å². The van der Waals surface area contributed by atoms with Crippen LogP contribution in [0.3, 0.4) is 0 Å². The SMILES string of the molecule is CCCNC(=O)CCCCn1cc(COc2cc(C[N+]3(CC(=O)C[C@@H](CCc4ccccc4)C(=O)N[C@@H](CC(C)C)C(=O)C[C@@H](Cc4ccccc4)C(=O)N[C@@H](CC(C)C)C(=O)C4(C)CC4)CCOCC3)ccc2OC(C)=O)nn1.CS(=O)(=O)[O-]. The summed E-state index contributed by atoms with van der Waals surface area (Å²) in [5, 5.41) is 17.6. The molecule has 1 saturated carbocycles. The number of nitrogens with one attached hydrogen (secondary N) is 3. The number of ketones is 3. The van der Waals surface area contributed by atoms with Crippen molar-refractivity contribution in [3.05, 3.63) is 107 Å². The van der Waals surface area contributed by atoms with E-state index in [2.05, 4.69) is 26.3 Å². The second-order valence-corrected chi connectivity index (χ2v) is 25.6. The number of Topliss-reactive ketones (excluding diaryl/α,β-unsaturated/α-hetero) is 3. The van der Waals surface area contributed by atoms with E-state index in [1.165, 1.54) is 6.92 Å². The van der Waals surface area contributed by atoms with Gasteiger partial charge in [-0.15, -0.1) is 5.10 Å². The van der Waals surface area contributed by atoms with Gasteiger partial charge in [-0.3, -0.25) is 38.2 Å². The summed E-state index contributed by atoms with van der Waals surface area (Å²) in [7, 11) is -3.92. The van der Waals surface area contributed by atoms with Gasteiger partial charge >= 0.3 is 5.97 Å². The molecule has 3 N–H and O–H groups in total. The maximum Gasteiger partial charge on any atom is 0.308 e. The fourth-order valence-corrected chi connectivity index (χ4v) is 10.5. The summed E-state index contributed by atoms with van der Waals surface area (Å²) < 4.78 is 47.0. The van der Waals surface area contributed by atoms with Crippen LogP contribution < -0.4 is 25.4 Å². The maximum atomic E-state index is 14.8. The summed E-state index contributed by atoms with van der Waals surface area (Å²) in [6, 6.07) is 23.1. The number of quaternary nitrogens is 1. The first-order valence-electron chi connectivity index (χ1n) is 30.0. The average Bonchev–Trinajstić information content (AvgIpc) is 2.61. The van der Waals surface area contributed by atoms with Gasteiger partial charge in [0.15, 0.2) is 28.8 Å². The van der Waals surface area contributed by atoms with Gasteiger partial charge in [-0.05, 0) is 105 Å². The highest BCUT2D eigenvalue weighted by atomic mass is 32.2. The molecule has 466 valence electrons. The lowest BCUT2D eigenvalue weighted by atomic mass is 9.87. The van der Waals surface area contributed by atoms with Gasteiger partial charge in [-0.2, -0.15) is 0 Å². The molecule has 1 aliphatic heterocycles. The van der Waals surface area contributed by atoms with Crippen LogP contribution in [0.25, 0.3) is 0 Å².